The highest BCUT2D eigenvalue weighted by Gasteiger charge is 2.07. The molecule has 0 atom stereocenters. The summed E-state index contributed by atoms with van der Waals surface area (Å²) in [5.74, 6) is 0.772. The molecule has 0 aliphatic heterocycles. The van der Waals surface area contributed by atoms with Crippen LogP contribution >= 0.6 is 0 Å². The van der Waals surface area contributed by atoms with Crippen molar-refractivity contribution in [3.8, 4) is 11.3 Å². The summed E-state index contributed by atoms with van der Waals surface area (Å²) in [5.41, 5.74) is 2.43. The molecule has 0 aliphatic carbocycles. The van der Waals surface area contributed by atoms with Crippen molar-refractivity contribution in [2.24, 2.45) is 0 Å². The van der Waals surface area contributed by atoms with E-state index in [1.54, 1.807) is 25.5 Å². The summed E-state index contributed by atoms with van der Waals surface area (Å²) in [6, 6.07) is 7.80. The Morgan fingerprint density at radius 3 is 2.67 bits per heavy atom. The van der Waals surface area contributed by atoms with Gasteiger partial charge in [-0.15, -0.1) is 0 Å². The molecule has 21 heavy (non-hydrogen) atoms. The molecule has 104 valence electrons. The summed E-state index contributed by atoms with van der Waals surface area (Å²) in [4.78, 5) is 12.9. The van der Waals surface area contributed by atoms with E-state index < -0.39 is 0 Å². The lowest BCUT2D eigenvalue weighted by Crippen LogP contribution is -2.11. The molecule has 0 aliphatic rings. The summed E-state index contributed by atoms with van der Waals surface area (Å²) in [5, 5.41) is 12.8. The topological polar surface area (TPSA) is 74.6 Å². The van der Waals surface area contributed by atoms with Crippen molar-refractivity contribution in [2.75, 3.05) is 11.9 Å². The van der Waals surface area contributed by atoms with Crippen LogP contribution in [0.1, 0.15) is 6.92 Å². The third kappa shape index (κ3) is 2.86. The van der Waals surface area contributed by atoms with Gasteiger partial charge in [0, 0.05) is 46.8 Å². The number of pyridine rings is 3. The minimum Gasteiger partial charge on any atom is -0.364 e. The maximum Gasteiger partial charge on any atom is 0.134 e. The molecule has 0 unspecified atom stereocenters. The average molecular weight is 277 g/mol. The molecule has 5 nitrogen and oxygen atoms in total. The van der Waals surface area contributed by atoms with Gasteiger partial charge in [0.1, 0.15) is 5.82 Å². The predicted octanol–water partition coefficient (Wildman–Crippen LogP) is 3.14. The summed E-state index contributed by atoms with van der Waals surface area (Å²) in [7, 11) is 0. The molecular weight excluding hydrogens is 262 g/mol. The fourth-order valence-electron chi connectivity index (χ4n) is 2.12. The third-order valence-corrected chi connectivity index (χ3v) is 3.13. The van der Waals surface area contributed by atoms with Gasteiger partial charge in [-0.1, -0.05) is 0 Å². The molecule has 3 aromatic rings. The molecular formula is C16H15N5. The van der Waals surface area contributed by atoms with Crippen LogP contribution in [0.2, 0.25) is 0 Å². The summed E-state index contributed by atoms with van der Waals surface area (Å²) in [6.45, 7) is 2.24. The Morgan fingerprint density at radius 2 is 1.90 bits per heavy atom. The molecule has 3 rings (SSSR count). The van der Waals surface area contributed by atoms with Gasteiger partial charge in [-0.3, -0.25) is 9.97 Å². The van der Waals surface area contributed by atoms with Gasteiger partial charge in [0.2, 0.25) is 0 Å². The Balaban J connectivity index is 2.12. The standard InChI is InChI=1S/C16H15N5/c1-11(17)9-20-16-14-4-7-19-10-13(14)8-15(21-16)12-2-5-18-6-3-12/h2-8,10,17H,9H2,1H3,(H,20,21). The molecule has 0 saturated heterocycles. The molecule has 2 N–H and O–H groups in total. The maximum atomic E-state index is 7.56. The number of anilines is 1. The Hall–Kier alpha value is -2.82. The summed E-state index contributed by atoms with van der Waals surface area (Å²) >= 11 is 0. The monoisotopic (exact) mass is 277 g/mol. The van der Waals surface area contributed by atoms with Crippen LogP contribution in [0.4, 0.5) is 5.82 Å². The molecule has 0 radical (unpaired) electrons. The van der Waals surface area contributed by atoms with E-state index >= 15 is 0 Å². The van der Waals surface area contributed by atoms with Gasteiger partial charge in [-0.25, -0.2) is 4.98 Å². The second kappa shape index (κ2) is 5.66. The van der Waals surface area contributed by atoms with E-state index in [0.29, 0.717) is 12.3 Å². The quantitative estimate of drug-likeness (QED) is 0.718. The molecule has 0 spiro atoms. The lowest BCUT2D eigenvalue weighted by atomic mass is 10.1. The average Bonchev–Trinajstić information content (AvgIpc) is 2.53. The van der Waals surface area contributed by atoms with E-state index in [9.17, 15) is 0 Å². The van der Waals surface area contributed by atoms with Gasteiger partial charge >= 0.3 is 0 Å². The van der Waals surface area contributed by atoms with Crippen molar-refractivity contribution < 1.29 is 0 Å². The maximum absolute atomic E-state index is 7.56. The minimum absolute atomic E-state index is 0.476. The van der Waals surface area contributed by atoms with E-state index in [1.165, 1.54) is 0 Å². The van der Waals surface area contributed by atoms with E-state index in [0.717, 1.165) is 27.8 Å². The van der Waals surface area contributed by atoms with Gasteiger partial charge < -0.3 is 10.7 Å². The van der Waals surface area contributed by atoms with Crippen LogP contribution in [0.5, 0.6) is 0 Å². The van der Waals surface area contributed by atoms with Gasteiger partial charge in [0.15, 0.2) is 0 Å². The molecule has 0 aromatic carbocycles. The van der Waals surface area contributed by atoms with Crippen molar-refractivity contribution in [1.82, 2.24) is 15.0 Å². The molecule has 0 fully saturated rings. The number of fused-ring (bicyclic) bond motifs is 1. The number of rotatable bonds is 4. The van der Waals surface area contributed by atoms with E-state index in [-0.39, 0.29) is 0 Å². The van der Waals surface area contributed by atoms with Crippen LogP contribution in [0.3, 0.4) is 0 Å². The van der Waals surface area contributed by atoms with Crippen LogP contribution in [0.15, 0.2) is 49.1 Å². The highest BCUT2D eigenvalue weighted by Crippen LogP contribution is 2.26. The van der Waals surface area contributed by atoms with Crippen molar-refractivity contribution in [3.63, 3.8) is 0 Å². The van der Waals surface area contributed by atoms with Gasteiger partial charge in [0.25, 0.3) is 0 Å². The number of aromatic nitrogens is 3. The highest BCUT2D eigenvalue weighted by molar-refractivity contribution is 5.95. The summed E-state index contributed by atoms with van der Waals surface area (Å²) in [6.07, 6.45) is 7.07. The fourth-order valence-corrected chi connectivity index (χ4v) is 2.12. The zero-order valence-corrected chi connectivity index (χ0v) is 11.7. The molecule has 0 saturated carbocycles. The number of nitrogens with one attached hydrogen (secondary N) is 2. The first kappa shape index (κ1) is 13.2. The number of hydrogen-bond donors (Lipinski definition) is 2. The fraction of sp³-hybridized carbons (Fsp3) is 0.125. The van der Waals surface area contributed by atoms with Gasteiger partial charge in [-0.05, 0) is 31.2 Å². The number of hydrogen-bond acceptors (Lipinski definition) is 5. The van der Waals surface area contributed by atoms with Crippen molar-refractivity contribution >= 4 is 22.3 Å². The lowest BCUT2D eigenvalue weighted by molar-refractivity contribution is 1.24. The lowest BCUT2D eigenvalue weighted by Gasteiger charge is -2.11. The first-order valence-corrected chi connectivity index (χ1v) is 6.67. The van der Waals surface area contributed by atoms with Crippen molar-refractivity contribution in [2.45, 2.75) is 6.92 Å². The molecule has 5 heteroatoms. The second-order valence-electron chi connectivity index (χ2n) is 4.82. The zero-order valence-electron chi connectivity index (χ0n) is 11.7. The Bertz CT molecular complexity index is 783. The van der Waals surface area contributed by atoms with Crippen LogP contribution in [0.25, 0.3) is 22.0 Å². The van der Waals surface area contributed by atoms with Gasteiger partial charge in [-0.2, -0.15) is 0 Å². The largest absolute Gasteiger partial charge is 0.364 e. The van der Waals surface area contributed by atoms with E-state index in [1.807, 2.05) is 30.5 Å². The number of nitrogens with zero attached hydrogens (tertiary/aromatic N) is 3. The van der Waals surface area contributed by atoms with Crippen LogP contribution in [-0.2, 0) is 0 Å². The highest BCUT2D eigenvalue weighted by atomic mass is 15.0. The molecule has 0 amide bonds. The smallest absolute Gasteiger partial charge is 0.134 e. The third-order valence-electron chi connectivity index (χ3n) is 3.13. The second-order valence-corrected chi connectivity index (χ2v) is 4.82. The van der Waals surface area contributed by atoms with Crippen LogP contribution < -0.4 is 5.32 Å². The van der Waals surface area contributed by atoms with Crippen LogP contribution in [0, 0.1) is 5.41 Å². The summed E-state index contributed by atoms with van der Waals surface area (Å²) < 4.78 is 0. The zero-order chi connectivity index (χ0) is 14.7. The SMILES string of the molecule is CC(=N)CNc1nc(-c2ccncc2)cc2cnccc12. The van der Waals surface area contributed by atoms with E-state index in [2.05, 4.69) is 20.3 Å². The predicted molar refractivity (Wildman–Crippen MR) is 84.7 cm³/mol. The van der Waals surface area contributed by atoms with Gasteiger partial charge in [0.05, 0.1) is 12.2 Å². The molecule has 3 heterocycles. The minimum atomic E-state index is 0.476. The Labute approximate surface area is 122 Å². The molecule has 0 bridgehead atoms. The molecule has 3 aromatic heterocycles. The Morgan fingerprint density at radius 1 is 1.14 bits per heavy atom. The van der Waals surface area contributed by atoms with E-state index in [4.69, 9.17) is 5.41 Å². The normalized spacial score (nSPS) is 10.5. The Kier molecular flexibility index (Phi) is 3.55. The first-order chi connectivity index (χ1) is 10.2. The van der Waals surface area contributed by atoms with Crippen molar-refractivity contribution in [3.05, 3.63) is 49.1 Å². The van der Waals surface area contributed by atoms with Crippen LogP contribution in [-0.4, -0.2) is 27.2 Å². The van der Waals surface area contributed by atoms with Crippen molar-refractivity contribution in [1.29, 1.82) is 5.41 Å². The first-order valence-electron chi connectivity index (χ1n) is 6.67.